The van der Waals surface area contributed by atoms with Gasteiger partial charge in [-0.2, -0.15) is 0 Å². The zero-order valence-corrected chi connectivity index (χ0v) is 14.2. The molecule has 3 aliphatic rings. The number of carbonyl (C=O) groups is 2. The van der Waals surface area contributed by atoms with Crippen molar-refractivity contribution in [1.29, 1.82) is 0 Å². The van der Waals surface area contributed by atoms with Gasteiger partial charge in [-0.05, 0) is 31.6 Å². The number of urea groups is 1. The highest BCUT2D eigenvalue weighted by Gasteiger charge is 2.56. The minimum atomic E-state index is -3.21. The second kappa shape index (κ2) is 5.36. The van der Waals surface area contributed by atoms with Gasteiger partial charge in [-0.3, -0.25) is 4.79 Å². The van der Waals surface area contributed by atoms with Gasteiger partial charge in [0.25, 0.3) is 0 Å². The summed E-state index contributed by atoms with van der Waals surface area (Å²) >= 11 is 0. The molecule has 0 unspecified atom stereocenters. The number of hydrogen-bond acceptors (Lipinski definition) is 4. The highest BCUT2D eigenvalue weighted by atomic mass is 32.2. The van der Waals surface area contributed by atoms with Gasteiger partial charge in [0, 0.05) is 25.9 Å². The zero-order chi connectivity index (χ0) is 16.9. The summed E-state index contributed by atoms with van der Waals surface area (Å²) in [6, 6.07) is -0.338. The van der Waals surface area contributed by atoms with Crippen molar-refractivity contribution in [2.45, 2.75) is 43.3 Å². The topological polar surface area (TPSA) is 104 Å². The number of carboxylic acids is 1. The van der Waals surface area contributed by atoms with Crippen molar-refractivity contribution in [3.05, 3.63) is 0 Å². The first-order chi connectivity index (χ1) is 10.7. The maximum atomic E-state index is 12.4. The lowest BCUT2D eigenvalue weighted by Gasteiger charge is -2.40. The number of amides is 2. The second-order valence-corrected chi connectivity index (χ2v) is 9.81. The van der Waals surface area contributed by atoms with Crippen LogP contribution in [0, 0.1) is 11.3 Å². The lowest BCUT2D eigenvalue weighted by Crippen LogP contribution is -2.55. The number of sulfone groups is 1. The van der Waals surface area contributed by atoms with Gasteiger partial charge in [-0.25, -0.2) is 13.2 Å². The van der Waals surface area contributed by atoms with Gasteiger partial charge in [0.2, 0.25) is 0 Å². The van der Waals surface area contributed by atoms with E-state index in [4.69, 9.17) is 0 Å². The van der Waals surface area contributed by atoms with Gasteiger partial charge in [-0.1, -0.05) is 12.8 Å². The van der Waals surface area contributed by atoms with Crippen LogP contribution in [0.3, 0.4) is 0 Å². The summed E-state index contributed by atoms with van der Waals surface area (Å²) < 4.78 is 23.0. The van der Waals surface area contributed by atoms with Gasteiger partial charge < -0.3 is 15.3 Å². The van der Waals surface area contributed by atoms with Gasteiger partial charge in [0.05, 0.1) is 10.2 Å². The molecule has 2 saturated carbocycles. The molecule has 1 heterocycles. The highest BCUT2D eigenvalue weighted by molar-refractivity contribution is 7.92. The third kappa shape index (κ3) is 2.51. The first kappa shape index (κ1) is 16.5. The monoisotopic (exact) mass is 344 g/mol. The fourth-order valence-corrected chi connectivity index (χ4v) is 5.76. The molecule has 0 spiro atoms. The lowest BCUT2D eigenvalue weighted by molar-refractivity contribution is -0.149. The second-order valence-electron chi connectivity index (χ2n) is 7.40. The van der Waals surface area contributed by atoms with Crippen molar-refractivity contribution in [3.8, 4) is 0 Å². The summed E-state index contributed by atoms with van der Waals surface area (Å²) in [5.41, 5.74) is -0.803. The molecule has 0 aromatic carbocycles. The molecule has 2 aliphatic carbocycles. The summed E-state index contributed by atoms with van der Waals surface area (Å²) in [5, 5.41) is 12.3. The predicted octanol–water partition coefficient (Wildman–Crippen LogP) is 0.850. The number of nitrogens with one attached hydrogen (secondary N) is 1. The fourth-order valence-electron chi connectivity index (χ4n) is 4.39. The number of likely N-dealkylation sites (tertiary alicyclic amines) is 1. The zero-order valence-electron chi connectivity index (χ0n) is 13.4. The molecule has 130 valence electrons. The van der Waals surface area contributed by atoms with Crippen molar-refractivity contribution in [2.24, 2.45) is 11.3 Å². The van der Waals surface area contributed by atoms with E-state index in [2.05, 4.69) is 5.32 Å². The van der Waals surface area contributed by atoms with E-state index >= 15 is 0 Å². The molecule has 3 fully saturated rings. The van der Waals surface area contributed by atoms with E-state index in [1.807, 2.05) is 0 Å². The van der Waals surface area contributed by atoms with Crippen LogP contribution in [-0.2, 0) is 14.6 Å². The maximum absolute atomic E-state index is 12.4. The summed E-state index contributed by atoms with van der Waals surface area (Å²) in [5.74, 6) is -0.805. The van der Waals surface area contributed by atoms with Crippen LogP contribution in [0.4, 0.5) is 4.79 Å². The van der Waals surface area contributed by atoms with Crippen molar-refractivity contribution in [2.75, 3.05) is 25.9 Å². The van der Waals surface area contributed by atoms with Crippen LogP contribution in [0.1, 0.15) is 38.5 Å². The predicted molar refractivity (Wildman–Crippen MR) is 83.8 cm³/mol. The maximum Gasteiger partial charge on any atom is 0.317 e. The molecule has 8 heteroatoms. The normalized spacial score (nSPS) is 32.2. The Balaban J connectivity index is 1.63. The fraction of sp³-hybridized carbons (Fsp3) is 0.867. The molecule has 23 heavy (non-hydrogen) atoms. The number of rotatable bonds is 4. The minimum absolute atomic E-state index is 0.0123. The Kier molecular flexibility index (Phi) is 3.85. The largest absolute Gasteiger partial charge is 0.481 e. The highest BCUT2D eigenvalue weighted by Crippen LogP contribution is 2.48. The lowest BCUT2D eigenvalue weighted by atomic mass is 9.81. The van der Waals surface area contributed by atoms with Crippen LogP contribution >= 0.6 is 0 Å². The van der Waals surface area contributed by atoms with Crippen molar-refractivity contribution in [1.82, 2.24) is 10.2 Å². The third-order valence-corrected chi connectivity index (χ3v) is 8.32. The molecule has 2 atom stereocenters. The quantitative estimate of drug-likeness (QED) is 0.787. The van der Waals surface area contributed by atoms with Crippen LogP contribution in [-0.4, -0.2) is 61.1 Å². The molecule has 1 aliphatic heterocycles. The Bertz CT molecular complexity index is 628. The van der Waals surface area contributed by atoms with E-state index in [1.54, 1.807) is 4.90 Å². The van der Waals surface area contributed by atoms with Crippen LogP contribution in [0.2, 0.25) is 0 Å². The van der Waals surface area contributed by atoms with Gasteiger partial charge in [0.1, 0.15) is 0 Å². The summed E-state index contributed by atoms with van der Waals surface area (Å²) in [6.45, 7) is 0.792. The SMILES string of the molecule is CS(=O)(=O)C1(CNC(=O)N2C[C@@H]3CCC[C@@]3(C(=O)O)C2)CCC1. The van der Waals surface area contributed by atoms with E-state index in [9.17, 15) is 23.1 Å². The molecule has 2 N–H and O–H groups in total. The van der Waals surface area contributed by atoms with Crippen molar-refractivity contribution < 1.29 is 23.1 Å². The minimum Gasteiger partial charge on any atom is -0.481 e. The Labute approximate surface area is 136 Å². The Morgan fingerprint density at radius 3 is 2.43 bits per heavy atom. The average molecular weight is 344 g/mol. The number of fused-ring (bicyclic) bond motifs is 1. The molecular formula is C15H24N2O5S. The summed E-state index contributed by atoms with van der Waals surface area (Å²) in [6.07, 6.45) is 5.58. The smallest absolute Gasteiger partial charge is 0.317 e. The molecule has 2 amide bonds. The summed E-state index contributed by atoms with van der Waals surface area (Å²) in [4.78, 5) is 25.6. The molecule has 1 saturated heterocycles. The molecule has 0 aromatic rings. The Morgan fingerprint density at radius 2 is 1.96 bits per heavy atom. The third-order valence-electron chi connectivity index (χ3n) is 6.20. The standard InChI is InChI=1S/C15H24N2O5S/c1-23(21,22)14(5-3-6-14)9-16-13(20)17-8-11-4-2-7-15(11,10-17)12(18)19/h11H,2-10H2,1H3,(H,16,20)(H,18,19)/t11-,15+/m0/s1. The number of carbonyl (C=O) groups excluding carboxylic acids is 1. The molecule has 0 bridgehead atoms. The molecule has 0 radical (unpaired) electrons. The van der Waals surface area contributed by atoms with E-state index in [-0.39, 0.29) is 25.0 Å². The Morgan fingerprint density at radius 1 is 1.26 bits per heavy atom. The number of nitrogens with zero attached hydrogens (tertiary/aromatic N) is 1. The van der Waals surface area contributed by atoms with E-state index in [0.717, 1.165) is 19.3 Å². The number of aliphatic carboxylic acids is 1. The Hall–Kier alpha value is -1.31. The summed E-state index contributed by atoms with van der Waals surface area (Å²) in [7, 11) is -3.21. The average Bonchev–Trinajstić information content (AvgIpc) is 2.92. The van der Waals surface area contributed by atoms with E-state index in [0.29, 0.717) is 25.8 Å². The first-order valence-corrected chi connectivity index (χ1v) is 10.1. The molecular weight excluding hydrogens is 320 g/mol. The van der Waals surface area contributed by atoms with Crippen molar-refractivity contribution in [3.63, 3.8) is 0 Å². The van der Waals surface area contributed by atoms with Gasteiger partial charge >= 0.3 is 12.0 Å². The molecule has 3 rings (SSSR count). The van der Waals surface area contributed by atoms with Crippen LogP contribution in [0.25, 0.3) is 0 Å². The van der Waals surface area contributed by atoms with Gasteiger partial charge in [0.15, 0.2) is 9.84 Å². The number of hydrogen-bond donors (Lipinski definition) is 2. The van der Waals surface area contributed by atoms with Crippen molar-refractivity contribution >= 4 is 21.8 Å². The van der Waals surface area contributed by atoms with Crippen LogP contribution in [0.5, 0.6) is 0 Å². The van der Waals surface area contributed by atoms with E-state index < -0.39 is 26.0 Å². The van der Waals surface area contributed by atoms with Crippen LogP contribution < -0.4 is 5.32 Å². The van der Waals surface area contributed by atoms with Crippen LogP contribution in [0.15, 0.2) is 0 Å². The van der Waals surface area contributed by atoms with E-state index in [1.165, 1.54) is 6.26 Å². The first-order valence-electron chi connectivity index (χ1n) is 8.16. The van der Waals surface area contributed by atoms with Gasteiger partial charge in [-0.15, -0.1) is 0 Å². The molecule has 7 nitrogen and oxygen atoms in total. The molecule has 0 aromatic heterocycles. The number of carboxylic acid groups (broad SMARTS) is 1.